The fourth-order valence-electron chi connectivity index (χ4n) is 4.52. The molecular weight excluding hydrogens is 368 g/mol. The Bertz CT molecular complexity index is 960. The summed E-state index contributed by atoms with van der Waals surface area (Å²) in [6.45, 7) is 3.03. The van der Waals surface area contributed by atoms with E-state index >= 15 is 0 Å². The van der Waals surface area contributed by atoms with Crippen LogP contribution in [-0.4, -0.2) is 17.6 Å². The number of nitrogens with zero attached hydrogens (tertiary/aromatic N) is 1. The number of hydrogen-bond acceptors (Lipinski definition) is 3. The summed E-state index contributed by atoms with van der Waals surface area (Å²) in [7, 11) is 0. The van der Waals surface area contributed by atoms with Crippen LogP contribution in [0.25, 0.3) is 11.5 Å². The van der Waals surface area contributed by atoms with Crippen LogP contribution >= 0.6 is 11.6 Å². The molecule has 2 aliphatic rings. The smallest absolute Gasteiger partial charge is 0.226 e. The monoisotopic (exact) mass is 392 g/mol. The van der Waals surface area contributed by atoms with Gasteiger partial charge in [-0.25, -0.2) is 4.98 Å². The van der Waals surface area contributed by atoms with E-state index in [2.05, 4.69) is 35.6 Å². The summed E-state index contributed by atoms with van der Waals surface area (Å²) in [6, 6.07) is 19.1. The molecule has 1 heterocycles. The van der Waals surface area contributed by atoms with Gasteiger partial charge in [0.25, 0.3) is 0 Å². The third-order valence-electron chi connectivity index (χ3n) is 6.42. The van der Waals surface area contributed by atoms with E-state index in [4.69, 9.17) is 21.0 Å². The first-order valence-corrected chi connectivity index (χ1v) is 10.5. The maximum Gasteiger partial charge on any atom is 0.226 e. The Hall–Kier alpha value is -2.10. The number of hydrogen-bond donors (Lipinski definition) is 1. The minimum atomic E-state index is 0.113. The second kappa shape index (κ2) is 7.06. The fourth-order valence-corrected chi connectivity index (χ4v) is 4.65. The van der Waals surface area contributed by atoms with Gasteiger partial charge in [-0.15, -0.1) is 0 Å². The van der Waals surface area contributed by atoms with E-state index in [1.165, 1.54) is 31.2 Å². The summed E-state index contributed by atoms with van der Waals surface area (Å²) in [5.41, 5.74) is 3.67. The molecule has 2 aliphatic carbocycles. The molecule has 1 N–H and O–H groups in total. The Morgan fingerprint density at radius 1 is 1.11 bits per heavy atom. The van der Waals surface area contributed by atoms with Crippen LogP contribution in [-0.2, 0) is 5.41 Å². The molecule has 3 aromatic rings. The highest BCUT2D eigenvalue weighted by atomic mass is 35.5. The summed E-state index contributed by atoms with van der Waals surface area (Å²) in [5, 5.41) is 4.56. The number of aryl methyl sites for hydroxylation is 1. The van der Waals surface area contributed by atoms with Crippen LogP contribution < -0.4 is 5.32 Å². The van der Waals surface area contributed by atoms with Crippen molar-refractivity contribution in [3.05, 3.63) is 76.6 Å². The van der Waals surface area contributed by atoms with E-state index in [1.807, 2.05) is 31.2 Å². The van der Waals surface area contributed by atoms with Crippen molar-refractivity contribution < 1.29 is 4.42 Å². The van der Waals surface area contributed by atoms with Crippen molar-refractivity contribution in [2.45, 2.75) is 50.0 Å². The Labute approximate surface area is 171 Å². The minimum absolute atomic E-state index is 0.113. The van der Waals surface area contributed by atoms with Crippen LogP contribution in [0.4, 0.5) is 0 Å². The normalized spacial score (nSPS) is 22.6. The quantitative estimate of drug-likeness (QED) is 0.570. The van der Waals surface area contributed by atoms with Crippen LogP contribution in [0.15, 0.2) is 59.0 Å². The largest absolute Gasteiger partial charge is 0.441 e. The summed E-state index contributed by atoms with van der Waals surface area (Å²) in [4.78, 5) is 4.93. The van der Waals surface area contributed by atoms with Gasteiger partial charge in [0.1, 0.15) is 5.76 Å². The molecule has 4 heteroatoms. The zero-order valence-corrected chi connectivity index (χ0v) is 16.9. The Morgan fingerprint density at radius 3 is 2.54 bits per heavy atom. The molecule has 0 bridgehead atoms. The van der Waals surface area contributed by atoms with E-state index in [0.29, 0.717) is 17.9 Å². The van der Waals surface area contributed by atoms with E-state index in [0.717, 1.165) is 28.6 Å². The first kappa shape index (κ1) is 18.0. The lowest BCUT2D eigenvalue weighted by molar-refractivity contribution is 0.224. The molecule has 2 saturated carbocycles. The van der Waals surface area contributed by atoms with Crippen LogP contribution in [0.2, 0.25) is 5.02 Å². The Morgan fingerprint density at radius 2 is 1.86 bits per heavy atom. The van der Waals surface area contributed by atoms with Crippen LogP contribution in [0.3, 0.4) is 0 Å². The predicted molar refractivity (Wildman–Crippen MR) is 113 cm³/mol. The first-order chi connectivity index (χ1) is 13.6. The van der Waals surface area contributed by atoms with Crippen molar-refractivity contribution in [1.29, 1.82) is 0 Å². The third-order valence-corrected chi connectivity index (χ3v) is 6.67. The van der Waals surface area contributed by atoms with E-state index in [1.54, 1.807) is 0 Å². The zero-order chi connectivity index (χ0) is 19.1. The molecule has 3 nitrogen and oxygen atoms in total. The van der Waals surface area contributed by atoms with Gasteiger partial charge >= 0.3 is 0 Å². The molecule has 2 unspecified atom stereocenters. The van der Waals surface area contributed by atoms with Crippen molar-refractivity contribution in [2.75, 3.05) is 6.54 Å². The number of oxazole rings is 1. The highest BCUT2D eigenvalue weighted by Crippen LogP contribution is 2.47. The molecule has 2 aromatic carbocycles. The van der Waals surface area contributed by atoms with Gasteiger partial charge in [-0.05, 0) is 56.0 Å². The van der Waals surface area contributed by atoms with Gasteiger partial charge in [0.2, 0.25) is 5.89 Å². The molecule has 0 amide bonds. The Kier molecular flexibility index (Phi) is 4.53. The van der Waals surface area contributed by atoms with Crippen LogP contribution in [0.1, 0.15) is 48.6 Å². The minimum Gasteiger partial charge on any atom is -0.441 e. The molecule has 0 aliphatic heterocycles. The molecule has 0 radical (unpaired) electrons. The van der Waals surface area contributed by atoms with Crippen molar-refractivity contribution >= 4 is 11.6 Å². The molecule has 5 rings (SSSR count). The van der Waals surface area contributed by atoms with Crippen molar-refractivity contribution in [2.24, 2.45) is 0 Å². The van der Waals surface area contributed by atoms with E-state index in [-0.39, 0.29) is 5.41 Å². The molecule has 2 fully saturated rings. The third kappa shape index (κ3) is 3.27. The van der Waals surface area contributed by atoms with Crippen molar-refractivity contribution in [1.82, 2.24) is 10.3 Å². The van der Waals surface area contributed by atoms with Crippen LogP contribution in [0.5, 0.6) is 0 Å². The van der Waals surface area contributed by atoms with Gasteiger partial charge in [-0.3, -0.25) is 0 Å². The lowest BCUT2D eigenvalue weighted by Gasteiger charge is -2.41. The van der Waals surface area contributed by atoms with Crippen molar-refractivity contribution in [3.8, 4) is 11.5 Å². The molecule has 144 valence electrons. The van der Waals surface area contributed by atoms with Gasteiger partial charge in [0, 0.05) is 34.5 Å². The topological polar surface area (TPSA) is 38.1 Å². The molecule has 0 saturated heterocycles. The summed E-state index contributed by atoms with van der Waals surface area (Å²) in [5.74, 6) is 2.30. The average Bonchev–Trinajstić information content (AvgIpc) is 3.36. The molecule has 0 spiro atoms. The molecular formula is C24H25ClN2O. The van der Waals surface area contributed by atoms with Gasteiger partial charge in [-0.1, -0.05) is 48.4 Å². The van der Waals surface area contributed by atoms with Gasteiger partial charge in [0.05, 0.1) is 5.69 Å². The highest BCUT2D eigenvalue weighted by Gasteiger charge is 2.45. The zero-order valence-electron chi connectivity index (χ0n) is 16.1. The van der Waals surface area contributed by atoms with Crippen molar-refractivity contribution in [3.63, 3.8) is 0 Å². The van der Waals surface area contributed by atoms with Crippen LogP contribution in [0, 0.1) is 6.92 Å². The second-order valence-electron chi connectivity index (χ2n) is 8.30. The number of aromatic nitrogens is 1. The second-order valence-corrected chi connectivity index (χ2v) is 8.74. The van der Waals surface area contributed by atoms with E-state index < -0.39 is 0 Å². The average molecular weight is 393 g/mol. The van der Waals surface area contributed by atoms with E-state index in [9.17, 15) is 0 Å². The first-order valence-electron chi connectivity index (χ1n) is 10.2. The number of halogens is 1. The molecule has 1 aromatic heterocycles. The van der Waals surface area contributed by atoms with Gasteiger partial charge < -0.3 is 9.73 Å². The maximum absolute atomic E-state index is 6.05. The fraction of sp³-hybridized carbons (Fsp3) is 0.375. The standard InChI is InChI=1S/C24H25ClN2O/c1-16-22(27-23(28-16)18-8-10-19(25)11-9-18)24(12-5-13-24)15-26-21-14-20(21)17-6-3-2-4-7-17/h2-4,6-11,20-21,26H,5,12-15H2,1H3. The SMILES string of the molecule is Cc1oc(-c2ccc(Cl)cc2)nc1C1(CNC2CC2c2ccccc2)CCC1. The lowest BCUT2D eigenvalue weighted by Crippen LogP contribution is -2.45. The number of benzene rings is 2. The molecule has 2 atom stereocenters. The van der Waals surface area contributed by atoms with Gasteiger partial charge in [-0.2, -0.15) is 0 Å². The maximum atomic E-state index is 6.05. The summed E-state index contributed by atoms with van der Waals surface area (Å²) in [6.07, 6.45) is 4.84. The number of nitrogens with one attached hydrogen (secondary N) is 1. The lowest BCUT2D eigenvalue weighted by atomic mass is 9.66. The Balaban J connectivity index is 1.31. The summed E-state index contributed by atoms with van der Waals surface area (Å²) < 4.78 is 6.05. The predicted octanol–water partition coefficient (Wildman–Crippen LogP) is 5.87. The van der Waals surface area contributed by atoms with Gasteiger partial charge in [0.15, 0.2) is 0 Å². The highest BCUT2D eigenvalue weighted by molar-refractivity contribution is 6.30. The molecule has 28 heavy (non-hydrogen) atoms. The summed E-state index contributed by atoms with van der Waals surface area (Å²) >= 11 is 6.01. The number of rotatable bonds is 6.